The Kier molecular flexibility index (Phi) is 4.25. The number of fused-ring (bicyclic) bond motifs is 1. The summed E-state index contributed by atoms with van der Waals surface area (Å²) in [6.07, 6.45) is 6.05. The van der Waals surface area contributed by atoms with Crippen molar-refractivity contribution in [1.29, 1.82) is 0 Å². The fraction of sp³-hybridized carbons (Fsp3) is 0.357. The molecule has 0 amide bonds. The first kappa shape index (κ1) is 11.9. The molecule has 2 rings (SSSR count). The second-order valence-electron chi connectivity index (χ2n) is 4.05. The van der Waals surface area contributed by atoms with Crippen molar-refractivity contribution in [3.63, 3.8) is 0 Å². The van der Waals surface area contributed by atoms with Crippen LogP contribution in [0.1, 0.15) is 30.6 Å². The molecule has 1 heterocycles. The summed E-state index contributed by atoms with van der Waals surface area (Å²) in [6.45, 7) is 3.87. The smallest absolute Gasteiger partial charge is 0.0412 e. The lowest BCUT2D eigenvalue weighted by Crippen LogP contribution is -1.82. The first-order chi connectivity index (χ1) is 7.81. The quantitative estimate of drug-likeness (QED) is 0.617. The van der Waals surface area contributed by atoms with E-state index in [-0.39, 0.29) is 0 Å². The van der Waals surface area contributed by atoms with Crippen molar-refractivity contribution in [1.82, 2.24) is 0 Å². The van der Waals surface area contributed by atoms with Crippen LogP contribution in [-0.4, -0.2) is 0 Å². The highest BCUT2D eigenvalue weighted by atomic mass is 35.5. The van der Waals surface area contributed by atoms with Gasteiger partial charge in [0.05, 0.1) is 0 Å². The molecular formula is C14H16ClS. The molecule has 16 heavy (non-hydrogen) atoms. The van der Waals surface area contributed by atoms with Crippen LogP contribution in [0.3, 0.4) is 0 Å². The van der Waals surface area contributed by atoms with Gasteiger partial charge in [-0.1, -0.05) is 43.9 Å². The number of hydrogen-bond donors (Lipinski definition) is 0. The van der Waals surface area contributed by atoms with Gasteiger partial charge in [0.2, 0.25) is 0 Å². The van der Waals surface area contributed by atoms with E-state index < -0.39 is 0 Å². The molecule has 0 aliphatic heterocycles. The highest BCUT2D eigenvalue weighted by Gasteiger charge is 2.04. The van der Waals surface area contributed by atoms with Crippen molar-refractivity contribution >= 4 is 33.7 Å². The average molecular weight is 252 g/mol. The molecule has 0 N–H and O–H groups in total. The molecule has 2 heteroatoms. The molecule has 0 aliphatic carbocycles. The maximum Gasteiger partial charge on any atom is 0.0412 e. The van der Waals surface area contributed by atoms with Crippen molar-refractivity contribution in [3.8, 4) is 0 Å². The molecule has 2 aromatic rings. The minimum atomic E-state index is 0.828. The van der Waals surface area contributed by atoms with Gasteiger partial charge in [-0.25, -0.2) is 0 Å². The number of hydrogen-bond acceptors (Lipinski definition) is 1. The lowest BCUT2D eigenvalue weighted by Gasteiger charge is -1.99. The van der Waals surface area contributed by atoms with E-state index in [4.69, 9.17) is 11.6 Å². The van der Waals surface area contributed by atoms with Crippen LogP contribution in [0.4, 0.5) is 0 Å². The van der Waals surface area contributed by atoms with Crippen LogP contribution in [0, 0.1) is 6.92 Å². The Morgan fingerprint density at radius 2 is 2.06 bits per heavy atom. The lowest BCUT2D eigenvalue weighted by atomic mass is 10.1. The number of aryl methyl sites for hydroxylation is 1. The van der Waals surface area contributed by atoms with E-state index in [0.29, 0.717) is 0 Å². The minimum absolute atomic E-state index is 0.828. The molecule has 85 valence electrons. The topological polar surface area (TPSA) is 0 Å². The highest BCUT2D eigenvalue weighted by molar-refractivity contribution is 7.11. The standard InChI is InChI=1S/C14H16ClS/c1-2-3-4-5-6-14-13-8-7-12(15)9-11(13)10-16-14/h7-10H,1-6H2. The van der Waals surface area contributed by atoms with E-state index in [1.54, 1.807) is 0 Å². The van der Waals surface area contributed by atoms with E-state index in [2.05, 4.69) is 18.4 Å². The Morgan fingerprint density at radius 1 is 1.19 bits per heavy atom. The van der Waals surface area contributed by atoms with Crippen molar-refractivity contribution in [3.05, 3.63) is 40.4 Å². The zero-order valence-electron chi connectivity index (χ0n) is 9.34. The Hall–Kier alpha value is -0.530. The first-order valence-electron chi connectivity index (χ1n) is 5.76. The fourth-order valence-corrected chi connectivity index (χ4v) is 3.14. The van der Waals surface area contributed by atoms with Crippen LogP contribution in [0.5, 0.6) is 0 Å². The molecular weight excluding hydrogens is 236 g/mol. The van der Waals surface area contributed by atoms with E-state index in [0.717, 1.165) is 11.4 Å². The van der Waals surface area contributed by atoms with Gasteiger partial charge in [-0.2, -0.15) is 0 Å². The van der Waals surface area contributed by atoms with Crippen LogP contribution in [0.2, 0.25) is 5.02 Å². The van der Waals surface area contributed by atoms with Crippen molar-refractivity contribution in [2.24, 2.45) is 0 Å². The Balaban J connectivity index is 2.07. The van der Waals surface area contributed by atoms with Gasteiger partial charge in [0.1, 0.15) is 0 Å². The predicted octanol–water partition coefficient (Wildman–Crippen LogP) is 5.49. The van der Waals surface area contributed by atoms with Gasteiger partial charge in [-0.15, -0.1) is 11.3 Å². The first-order valence-corrected chi connectivity index (χ1v) is 7.02. The van der Waals surface area contributed by atoms with Gasteiger partial charge in [0, 0.05) is 9.90 Å². The fourth-order valence-electron chi connectivity index (χ4n) is 1.92. The summed E-state index contributed by atoms with van der Waals surface area (Å²) >= 11 is 7.83. The molecule has 1 aromatic carbocycles. The number of rotatable bonds is 5. The van der Waals surface area contributed by atoms with E-state index in [9.17, 15) is 0 Å². The maximum atomic E-state index is 5.97. The number of thiophene rings is 1. The molecule has 0 saturated carbocycles. The molecule has 0 aliphatic rings. The second kappa shape index (κ2) is 5.70. The molecule has 1 radical (unpaired) electrons. The molecule has 0 nitrogen and oxygen atoms in total. The van der Waals surface area contributed by atoms with E-state index >= 15 is 0 Å². The van der Waals surface area contributed by atoms with Gasteiger partial charge in [0.25, 0.3) is 0 Å². The summed E-state index contributed by atoms with van der Waals surface area (Å²) in [6, 6.07) is 6.17. The van der Waals surface area contributed by atoms with Crippen LogP contribution in [0.25, 0.3) is 10.8 Å². The van der Waals surface area contributed by atoms with Crippen LogP contribution in [-0.2, 0) is 6.42 Å². The molecule has 0 saturated heterocycles. The summed E-state index contributed by atoms with van der Waals surface area (Å²) in [4.78, 5) is 1.50. The van der Waals surface area contributed by atoms with Crippen molar-refractivity contribution in [2.45, 2.75) is 32.1 Å². The number of benzene rings is 1. The summed E-state index contributed by atoms with van der Waals surface area (Å²) in [5.74, 6) is 0. The third-order valence-corrected chi connectivity index (χ3v) is 4.11. The number of unbranched alkanes of at least 4 members (excludes halogenated alkanes) is 3. The number of halogens is 1. The third kappa shape index (κ3) is 2.78. The van der Waals surface area contributed by atoms with Gasteiger partial charge in [-0.05, 0) is 41.1 Å². The normalized spacial score (nSPS) is 11.1. The summed E-state index contributed by atoms with van der Waals surface area (Å²) in [5, 5.41) is 5.69. The summed E-state index contributed by atoms with van der Waals surface area (Å²) < 4.78 is 0. The third-order valence-electron chi connectivity index (χ3n) is 2.80. The van der Waals surface area contributed by atoms with Gasteiger partial charge >= 0.3 is 0 Å². The molecule has 0 unspecified atom stereocenters. The summed E-state index contributed by atoms with van der Waals surface area (Å²) in [7, 11) is 0. The van der Waals surface area contributed by atoms with Gasteiger partial charge < -0.3 is 0 Å². The Morgan fingerprint density at radius 3 is 2.88 bits per heavy atom. The maximum absolute atomic E-state index is 5.97. The van der Waals surface area contributed by atoms with Gasteiger partial charge in [0.15, 0.2) is 0 Å². The monoisotopic (exact) mass is 251 g/mol. The van der Waals surface area contributed by atoms with Crippen LogP contribution < -0.4 is 0 Å². The van der Waals surface area contributed by atoms with E-state index in [1.165, 1.54) is 41.3 Å². The highest BCUT2D eigenvalue weighted by Crippen LogP contribution is 2.29. The molecule has 0 bridgehead atoms. The largest absolute Gasteiger partial charge is 0.148 e. The summed E-state index contributed by atoms with van der Waals surface area (Å²) in [5.41, 5.74) is 0. The van der Waals surface area contributed by atoms with Crippen LogP contribution >= 0.6 is 22.9 Å². The Labute approximate surface area is 106 Å². The average Bonchev–Trinajstić information content (AvgIpc) is 2.67. The molecule has 0 atom stereocenters. The molecule has 0 spiro atoms. The molecule has 1 aromatic heterocycles. The van der Waals surface area contributed by atoms with Crippen molar-refractivity contribution in [2.75, 3.05) is 0 Å². The lowest BCUT2D eigenvalue weighted by molar-refractivity contribution is 0.691. The van der Waals surface area contributed by atoms with Crippen LogP contribution in [0.15, 0.2) is 23.6 Å². The van der Waals surface area contributed by atoms with E-state index in [1.807, 2.05) is 23.5 Å². The van der Waals surface area contributed by atoms with Gasteiger partial charge in [-0.3, -0.25) is 0 Å². The SMILES string of the molecule is [CH2]CCCCCc1scc2cc(Cl)ccc12. The van der Waals surface area contributed by atoms with Crippen molar-refractivity contribution < 1.29 is 0 Å². The minimum Gasteiger partial charge on any atom is -0.148 e. The predicted molar refractivity (Wildman–Crippen MR) is 74.4 cm³/mol. The zero-order valence-corrected chi connectivity index (χ0v) is 10.9. The zero-order chi connectivity index (χ0) is 11.4. The second-order valence-corrected chi connectivity index (χ2v) is 5.46. The molecule has 0 fully saturated rings. The Bertz CT molecular complexity index is 459.